The van der Waals surface area contributed by atoms with E-state index in [1.54, 1.807) is 53.8 Å². The molecular formula is C29H42N4O6S. The molecule has 11 heteroatoms. The monoisotopic (exact) mass is 574 g/mol. The first kappa shape index (κ1) is 30.0. The topological polar surface area (TPSA) is 136 Å². The second-order valence-corrected chi connectivity index (χ2v) is 14.9. The van der Waals surface area contributed by atoms with Gasteiger partial charge in [0, 0.05) is 35.1 Å². The summed E-state index contributed by atoms with van der Waals surface area (Å²) in [5, 5.41) is 6.98. The van der Waals surface area contributed by atoms with Gasteiger partial charge in [-0.2, -0.15) is 0 Å². The highest BCUT2D eigenvalue weighted by Gasteiger charge is 2.39. The zero-order valence-electron chi connectivity index (χ0n) is 24.7. The number of sulfonamides is 1. The highest BCUT2D eigenvalue weighted by molar-refractivity contribution is 7.89. The molecule has 2 aliphatic carbocycles. The summed E-state index contributed by atoms with van der Waals surface area (Å²) in [6.45, 7) is 14.8. The van der Waals surface area contributed by atoms with E-state index in [4.69, 9.17) is 9.47 Å². The quantitative estimate of drug-likeness (QED) is 0.393. The van der Waals surface area contributed by atoms with Crippen LogP contribution in [0.3, 0.4) is 0 Å². The zero-order chi connectivity index (χ0) is 29.6. The lowest BCUT2D eigenvalue weighted by atomic mass is 9.98. The SMILES string of the molecule is CC(C)CNS(=O)(=O)c1cc2c(c3cnc(C4CC4)cc13)[C@H](NC(=O)OC(C)(C)C)C[C@H]2NC(=O)OC(C)(C)C. The van der Waals surface area contributed by atoms with E-state index >= 15 is 0 Å². The number of alkyl carbamates (subject to hydrolysis) is 2. The van der Waals surface area contributed by atoms with Crippen LogP contribution < -0.4 is 15.4 Å². The van der Waals surface area contributed by atoms with E-state index < -0.39 is 45.5 Å². The van der Waals surface area contributed by atoms with Crippen molar-refractivity contribution in [1.29, 1.82) is 0 Å². The number of benzene rings is 1. The first-order chi connectivity index (χ1) is 18.4. The van der Waals surface area contributed by atoms with Crippen LogP contribution in [0.4, 0.5) is 9.59 Å². The van der Waals surface area contributed by atoms with Gasteiger partial charge in [-0.1, -0.05) is 13.8 Å². The summed E-state index contributed by atoms with van der Waals surface area (Å²) < 4.78 is 41.0. The van der Waals surface area contributed by atoms with Gasteiger partial charge in [-0.15, -0.1) is 0 Å². The fourth-order valence-corrected chi connectivity index (χ4v) is 6.29. The summed E-state index contributed by atoms with van der Waals surface area (Å²) in [5.74, 6) is 0.428. The first-order valence-electron chi connectivity index (χ1n) is 13.9. The van der Waals surface area contributed by atoms with Crippen molar-refractivity contribution in [2.24, 2.45) is 5.92 Å². The summed E-state index contributed by atoms with van der Waals surface area (Å²) in [5.41, 5.74) is 0.722. The van der Waals surface area contributed by atoms with Crippen molar-refractivity contribution in [1.82, 2.24) is 20.3 Å². The summed E-state index contributed by atoms with van der Waals surface area (Å²) in [4.78, 5) is 30.4. The molecule has 2 aliphatic rings. The van der Waals surface area contributed by atoms with Gasteiger partial charge >= 0.3 is 12.2 Å². The van der Waals surface area contributed by atoms with Gasteiger partial charge in [0.25, 0.3) is 0 Å². The second-order valence-electron chi connectivity index (χ2n) is 13.2. The summed E-state index contributed by atoms with van der Waals surface area (Å²) in [6.07, 6.45) is 2.78. The number of pyridine rings is 1. The molecule has 1 aromatic carbocycles. The number of amides is 2. The molecule has 10 nitrogen and oxygen atoms in total. The van der Waals surface area contributed by atoms with Crippen molar-refractivity contribution >= 4 is 33.0 Å². The molecule has 1 fully saturated rings. The number of fused-ring (bicyclic) bond motifs is 3. The minimum atomic E-state index is -3.90. The normalized spacial score (nSPS) is 19.4. The molecular weight excluding hydrogens is 532 g/mol. The largest absolute Gasteiger partial charge is 0.444 e. The molecule has 2 amide bonds. The van der Waals surface area contributed by atoms with Gasteiger partial charge in [0.1, 0.15) is 11.2 Å². The van der Waals surface area contributed by atoms with Crippen LogP contribution >= 0.6 is 0 Å². The molecule has 1 saturated carbocycles. The maximum atomic E-state index is 13.6. The van der Waals surface area contributed by atoms with Crippen LogP contribution in [0, 0.1) is 5.92 Å². The van der Waals surface area contributed by atoms with Gasteiger partial charge in [-0.3, -0.25) is 4.98 Å². The standard InChI is InChI=1S/C29H42N4O6S/c1-16(2)14-31-40(36,37)24-12-19-22(32-26(34)38-28(3,4)5)13-23(33-27(35)39-29(6,7)8)25(19)20-15-30-21(11-18(20)24)17-9-10-17/h11-12,15-17,22-23,31H,9-10,13-14H2,1-8H3,(H,32,34)(H,33,35)/t22-,23-/m1/s1. The van der Waals surface area contributed by atoms with E-state index in [-0.39, 0.29) is 23.8 Å². The van der Waals surface area contributed by atoms with E-state index in [1.165, 1.54) is 0 Å². The molecule has 2 atom stereocenters. The van der Waals surface area contributed by atoms with Crippen molar-refractivity contribution in [3.63, 3.8) is 0 Å². The molecule has 4 rings (SSSR count). The Kier molecular flexibility index (Phi) is 8.12. The van der Waals surface area contributed by atoms with Crippen molar-refractivity contribution in [2.75, 3.05) is 6.54 Å². The Bertz CT molecular complexity index is 1400. The fourth-order valence-electron chi connectivity index (χ4n) is 4.85. The fraction of sp³-hybridized carbons (Fsp3) is 0.621. The molecule has 0 radical (unpaired) electrons. The Morgan fingerprint density at radius 3 is 2.05 bits per heavy atom. The minimum Gasteiger partial charge on any atom is -0.444 e. The summed E-state index contributed by atoms with van der Waals surface area (Å²) in [7, 11) is -3.90. The molecule has 2 aromatic rings. The molecule has 220 valence electrons. The van der Waals surface area contributed by atoms with Crippen LogP contribution in [-0.2, 0) is 19.5 Å². The van der Waals surface area contributed by atoms with Crippen LogP contribution in [0.25, 0.3) is 10.8 Å². The van der Waals surface area contributed by atoms with Gasteiger partial charge in [0.2, 0.25) is 10.0 Å². The maximum Gasteiger partial charge on any atom is 0.408 e. The average Bonchev–Trinajstić information content (AvgIpc) is 3.58. The third-order valence-electron chi connectivity index (χ3n) is 6.62. The Balaban J connectivity index is 1.85. The summed E-state index contributed by atoms with van der Waals surface area (Å²) in [6, 6.07) is 2.31. The number of hydrogen-bond acceptors (Lipinski definition) is 7. The third kappa shape index (κ3) is 7.23. The lowest BCUT2D eigenvalue weighted by Crippen LogP contribution is -2.36. The van der Waals surface area contributed by atoms with E-state index in [0.717, 1.165) is 18.5 Å². The number of carbonyl (C=O) groups is 2. The van der Waals surface area contributed by atoms with Crippen molar-refractivity contribution in [3.05, 3.63) is 35.2 Å². The van der Waals surface area contributed by atoms with Crippen LogP contribution in [0.5, 0.6) is 0 Å². The van der Waals surface area contributed by atoms with Gasteiger partial charge < -0.3 is 20.1 Å². The number of carbonyl (C=O) groups excluding carboxylic acids is 2. The highest BCUT2D eigenvalue weighted by Crippen LogP contribution is 2.47. The number of ether oxygens (including phenoxy) is 2. The third-order valence-corrected chi connectivity index (χ3v) is 8.09. The van der Waals surface area contributed by atoms with E-state index in [2.05, 4.69) is 20.3 Å². The Hall–Kier alpha value is -2.92. The molecule has 1 heterocycles. The molecule has 40 heavy (non-hydrogen) atoms. The molecule has 0 bridgehead atoms. The Morgan fingerprint density at radius 2 is 1.52 bits per heavy atom. The van der Waals surface area contributed by atoms with E-state index in [0.29, 0.717) is 27.8 Å². The van der Waals surface area contributed by atoms with E-state index in [9.17, 15) is 18.0 Å². The van der Waals surface area contributed by atoms with Crippen LogP contribution in [0.1, 0.15) is 109 Å². The molecule has 0 saturated heterocycles. The first-order valence-corrected chi connectivity index (χ1v) is 15.4. The van der Waals surface area contributed by atoms with Gasteiger partial charge in [-0.05, 0) is 90.0 Å². The molecule has 1 aromatic heterocycles. The lowest BCUT2D eigenvalue weighted by Gasteiger charge is -2.23. The van der Waals surface area contributed by atoms with Gasteiger partial charge in [0.15, 0.2) is 0 Å². The van der Waals surface area contributed by atoms with Gasteiger partial charge in [-0.25, -0.2) is 22.7 Å². The van der Waals surface area contributed by atoms with Crippen LogP contribution in [0.2, 0.25) is 0 Å². The molecule has 3 N–H and O–H groups in total. The minimum absolute atomic E-state index is 0.114. The molecule has 0 spiro atoms. The lowest BCUT2D eigenvalue weighted by molar-refractivity contribution is 0.0492. The van der Waals surface area contributed by atoms with Crippen molar-refractivity contribution in [3.8, 4) is 0 Å². The predicted octanol–water partition coefficient (Wildman–Crippen LogP) is 5.58. The Labute approximate surface area is 237 Å². The maximum absolute atomic E-state index is 13.6. The van der Waals surface area contributed by atoms with Crippen LogP contribution in [0.15, 0.2) is 23.2 Å². The smallest absolute Gasteiger partial charge is 0.408 e. The molecule has 0 aliphatic heterocycles. The van der Waals surface area contributed by atoms with E-state index in [1.807, 2.05) is 19.9 Å². The Morgan fingerprint density at radius 1 is 0.950 bits per heavy atom. The average molecular weight is 575 g/mol. The number of nitrogens with zero attached hydrogens (tertiary/aromatic N) is 1. The number of nitrogens with one attached hydrogen (secondary N) is 3. The molecule has 0 unspecified atom stereocenters. The summed E-state index contributed by atoms with van der Waals surface area (Å²) >= 11 is 0. The van der Waals surface area contributed by atoms with Crippen molar-refractivity contribution in [2.45, 2.75) is 109 Å². The second kappa shape index (κ2) is 10.8. The predicted molar refractivity (Wildman–Crippen MR) is 153 cm³/mol. The van der Waals surface area contributed by atoms with Crippen molar-refractivity contribution < 1.29 is 27.5 Å². The number of aromatic nitrogens is 1. The zero-order valence-corrected chi connectivity index (χ0v) is 25.5. The highest BCUT2D eigenvalue weighted by atomic mass is 32.2. The van der Waals surface area contributed by atoms with Crippen LogP contribution in [-0.4, -0.2) is 43.3 Å². The number of rotatable bonds is 7. The van der Waals surface area contributed by atoms with Gasteiger partial charge in [0.05, 0.1) is 17.0 Å². The number of hydrogen-bond donors (Lipinski definition) is 3.